The van der Waals surface area contributed by atoms with Gasteiger partial charge in [0, 0.05) is 31.2 Å². The van der Waals surface area contributed by atoms with E-state index in [4.69, 9.17) is 0 Å². The van der Waals surface area contributed by atoms with Crippen molar-refractivity contribution in [3.8, 4) is 0 Å². The number of hydrogen-bond acceptors (Lipinski definition) is 4. The Morgan fingerprint density at radius 3 is 2.83 bits per heavy atom. The summed E-state index contributed by atoms with van der Waals surface area (Å²) >= 11 is 0. The van der Waals surface area contributed by atoms with Crippen molar-refractivity contribution in [2.24, 2.45) is 0 Å². The van der Waals surface area contributed by atoms with Crippen LogP contribution in [0.5, 0.6) is 0 Å². The molecule has 5 rings (SSSR count). The van der Waals surface area contributed by atoms with Gasteiger partial charge in [0.05, 0.1) is 23.1 Å². The molecule has 0 radical (unpaired) electrons. The van der Waals surface area contributed by atoms with E-state index in [1.165, 1.54) is 12.1 Å². The van der Waals surface area contributed by atoms with Gasteiger partial charge in [0.2, 0.25) is 11.8 Å². The second-order valence-electron chi connectivity index (χ2n) is 10.0. The molecule has 2 amide bonds. The Morgan fingerprint density at radius 1 is 1.23 bits per heavy atom. The Kier molecular flexibility index (Phi) is 6.32. The third-order valence-corrected chi connectivity index (χ3v) is 7.58. The van der Waals surface area contributed by atoms with Crippen molar-refractivity contribution in [3.05, 3.63) is 59.7 Å². The molecule has 2 atom stereocenters. The number of carbonyl (C=O) groups excluding carboxylic acids is 2. The van der Waals surface area contributed by atoms with Crippen LogP contribution in [0.4, 0.5) is 10.1 Å². The van der Waals surface area contributed by atoms with Gasteiger partial charge in [-0.15, -0.1) is 0 Å². The van der Waals surface area contributed by atoms with Gasteiger partial charge in [-0.05, 0) is 69.0 Å². The number of H-pyrrole nitrogens is 1. The van der Waals surface area contributed by atoms with Gasteiger partial charge in [0.25, 0.3) is 0 Å². The zero-order chi connectivity index (χ0) is 24.6. The molecule has 8 heteroatoms. The van der Waals surface area contributed by atoms with Gasteiger partial charge in [0.15, 0.2) is 0 Å². The second-order valence-corrected chi connectivity index (χ2v) is 10.0. The van der Waals surface area contributed by atoms with Crippen LogP contribution in [0.3, 0.4) is 0 Å². The number of amides is 2. The molecule has 1 aromatic heterocycles. The van der Waals surface area contributed by atoms with E-state index in [1.54, 1.807) is 12.1 Å². The first-order valence-electron chi connectivity index (χ1n) is 12.4. The molecule has 3 aromatic rings. The van der Waals surface area contributed by atoms with Gasteiger partial charge >= 0.3 is 0 Å². The largest absolute Gasteiger partial charge is 0.342 e. The summed E-state index contributed by atoms with van der Waals surface area (Å²) in [4.78, 5) is 38.0. The highest BCUT2D eigenvalue weighted by Gasteiger charge is 2.49. The first-order valence-corrected chi connectivity index (χ1v) is 12.4. The molecule has 0 spiro atoms. The van der Waals surface area contributed by atoms with Crippen molar-refractivity contribution < 1.29 is 14.0 Å². The third kappa shape index (κ3) is 4.80. The van der Waals surface area contributed by atoms with Gasteiger partial charge in [-0.3, -0.25) is 14.5 Å². The van der Waals surface area contributed by atoms with Crippen LogP contribution in [0.25, 0.3) is 11.0 Å². The molecule has 2 aliphatic rings. The zero-order valence-corrected chi connectivity index (χ0v) is 20.3. The maximum absolute atomic E-state index is 13.4. The minimum atomic E-state index is -0.376. The SMILES string of the molecule is Cc1nc2ccc(NC(=O)CN3CC[C@@]4(C)[C@@H]3CCCCC(=O)N4Cc3ccc(F)cc3)cc2[nH]1. The van der Waals surface area contributed by atoms with E-state index in [0.717, 1.165) is 60.3 Å². The van der Waals surface area contributed by atoms with Crippen LogP contribution in [0.15, 0.2) is 42.5 Å². The van der Waals surface area contributed by atoms with E-state index in [2.05, 4.69) is 27.1 Å². The lowest BCUT2D eigenvalue weighted by Gasteiger charge is -2.46. The van der Waals surface area contributed by atoms with Crippen molar-refractivity contribution >= 4 is 28.5 Å². The summed E-state index contributed by atoms with van der Waals surface area (Å²) in [6.45, 7) is 5.54. The van der Waals surface area contributed by atoms with Gasteiger partial charge in [-0.1, -0.05) is 18.6 Å². The maximum Gasteiger partial charge on any atom is 0.238 e. The number of benzene rings is 2. The number of nitrogens with zero attached hydrogens (tertiary/aromatic N) is 3. The predicted octanol–water partition coefficient (Wildman–Crippen LogP) is 4.38. The Balaban J connectivity index is 1.31. The van der Waals surface area contributed by atoms with E-state index >= 15 is 0 Å². The average molecular weight is 478 g/mol. The minimum Gasteiger partial charge on any atom is -0.342 e. The van der Waals surface area contributed by atoms with E-state index in [1.807, 2.05) is 30.0 Å². The summed E-state index contributed by atoms with van der Waals surface area (Å²) in [7, 11) is 0. The highest BCUT2D eigenvalue weighted by Crippen LogP contribution is 2.39. The Labute approximate surface area is 204 Å². The first-order chi connectivity index (χ1) is 16.8. The number of carbonyl (C=O) groups is 2. The number of aromatic nitrogens is 2. The van der Waals surface area contributed by atoms with Gasteiger partial charge < -0.3 is 15.2 Å². The van der Waals surface area contributed by atoms with Gasteiger partial charge in [-0.25, -0.2) is 9.37 Å². The van der Waals surface area contributed by atoms with Crippen LogP contribution < -0.4 is 5.32 Å². The van der Waals surface area contributed by atoms with Crippen molar-refractivity contribution in [1.82, 2.24) is 19.8 Å². The van der Waals surface area contributed by atoms with Crippen LogP contribution in [0, 0.1) is 12.7 Å². The topological polar surface area (TPSA) is 81.3 Å². The Morgan fingerprint density at radius 2 is 2.03 bits per heavy atom. The number of hydrogen-bond donors (Lipinski definition) is 2. The summed E-state index contributed by atoms with van der Waals surface area (Å²) in [6, 6.07) is 12.1. The monoisotopic (exact) mass is 477 g/mol. The molecular formula is C27H32FN5O2. The minimum absolute atomic E-state index is 0.0664. The fourth-order valence-electron chi connectivity index (χ4n) is 5.76. The van der Waals surface area contributed by atoms with E-state index in [0.29, 0.717) is 13.0 Å². The number of aryl methyl sites for hydroxylation is 1. The summed E-state index contributed by atoms with van der Waals surface area (Å²) in [5, 5.41) is 3.03. The molecule has 35 heavy (non-hydrogen) atoms. The predicted molar refractivity (Wildman–Crippen MR) is 133 cm³/mol. The molecule has 3 heterocycles. The van der Waals surface area contributed by atoms with Crippen LogP contribution >= 0.6 is 0 Å². The second kappa shape index (κ2) is 9.41. The van der Waals surface area contributed by atoms with Crippen LogP contribution in [0.1, 0.15) is 50.4 Å². The van der Waals surface area contributed by atoms with Crippen molar-refractivity contribution in [3.63, 3.8) is 0 Å². The van der Waals surface area contributed by atoms with Crippen molar-refractivity contribution in [2.45, 2.75) is 64.1 Å². The molecule has 0 aliphatic carbocycles. The van der Waals surface area contributed by atoms with Gasteiger partial charge in [0.1, 0.15) is 11.6 Å². The molecule has 2 saturated heterocycles. The highest BCUT2D eigenvalue weighted by atomic mass is 19.1. The number of rotatable bonds is 5. The number of fused-ring (bicyclic) bond motifs is 2. The molecule has 0 unspecified atom stereocenters. The highest BCUT2D eigenvalue weighted by molar-refractivity contribution is 5.94. The third-order valence-electron chi connectivity index (χ3n) is 7.58. The molecule has 2 N–H and O–H groups in total. The summed E-state index contributed by atoms with van der Waals surface area (Å²) < 4.78 is 13.4. The van der Waals surface area contributed by atoms with Crippen molar-refractivity contribution in [2.75, 3.05) is 18.4 Å². The fraction of sp³-hybridized carbons (Fsp3) is 0.444. The molecule has 0 saturated carbocycles. The fourth-order valence-corrected chi connectivity index (χ4v) is 5.76. The first kappa shape index (κ1) is 23.5. The van der Waals surface area contributed by atoms with Crippen LogP contribution in [-0.4, -0.2) is 56.3 Å². The van der Waals surface area contributed by atoms with Gasteiger partial charge in [-0.2, -0.15) is 0 Å². The molecule has 2 aliphatic heterocycles. The van der Waals surface area contributed by atoms with E-state index in [9.17, 15) is 14.0 Å². The van der Waals surface area contributed by atoms with E-state index in [-0.39, 0.29) is 35.8 Å². The zero-order valence-electron chi connectivity index (χ0n) is 20.3. The lowest BCUT2D eigenvalue weighted by molar-refractivity contribution is -0.140. The maximum atomic E-state index is 13.4. The van der Waals surface area contributed by atoms with Crippen LogP contribution in [0.2, 0.25) is 0 Å². The number of halogens is 1. The molecule has 2 aromatic carbocycles. The molecule has 2 fully saturated rings. The summed E-state index contributed by atoms with van der Waals surface area (Å²) in [5.41, 5.74) is 3.04. The average Bonchev–Trinajstić information content (AvgIpc) is 3.34. The lowest BCUT2D eigenvalue weighted by atomic mass is 9.84. The number of aromatic amines is 1. The number of nitrogens with one attached hydrogen (secondary N) is 2. The van der Waals surface area contributed by atoms with E-state index < -0.39 is 0 Å². The number of imidazole rings is 1. The standard InChI is InChI=1S/C27H32FN5O2/c1-18-29-22-12-11-21(15-23(22)30-18)31-25(34)17-32-14-13-27(2)24(32)5-3-4-6-26(35)33(27)16-19-7-9-20(28)10-8-19/h7-12,15,24H,3-6,13-14,16-17H2,1-2H3,(H,29,30)(H,31,34)/t24-,27-/m0/s1. The van der Waals surface area contributed by atoms with Crippen molar-refractivity contribution in [1.29, 1.82) is 0 Å². The molecular weight excluding hydrogens is 445 g/mol. The molecule has 184 valence electrons. The number of anilines is 1. The Bertz CT molecular complexity index is 1240. The van der Waals surface area contributed by atoms with Crippen LogP contribution in [-0.2, 0) is 16.1 Å². The normalized spacial score (nSPS) is 23.2. The number of likely N-dealkylation sites (tertiary alicyclic amines) is 2. The lowest BCUT2D eigenvalue weighted by Crippen LogP contribution is -2.57. The smallest absolute Gasteiger partial charge is 0.238 e. The molecule has 0 bridgehead atoms. The summed E-state index contributed by atoms with van der Waals surface area (Å²) in [6.07, 6.45) is 4.08. The quantitative estimate of drug-likeness (QED) is 0.571. The molecule has 7 nitrogen and oxygen atoms in total. The Hall–Kier alpha value is -3.26. The summed E-state index contributed by atoms with van der Waals surface area (Å²) in [5.74, 6) is 0.625.